The number of hydrogen-bond donors (Lipinski definition) is 0. The molecule has 39 heavy (non-hydrogen) atoms. The van der Waals surface area contributed by atoms with Crippen LogP contribution in [0.4, 0.5) is 0 Å². The number of hydrogen-bond acceptors (Lipinski definition) is 6. The Labute approximate surface area is 238 Å². The molecule has 2 heterocycles. The van der Waals surface area contributed by atoms with Crippen molar-refractivity contribution >= 4 is 39.0 Å². The van der Waals surface area contributed by atoms with Gasteiger partial charge in [-0.05, 0) is 76.7 Å². The van der Waals surface area contributed by atoms with E-state index in [1.807, 2.05) is 60.0 Å². The number of aryl methyl sites for hydroxylation is 1. The molecule has 6 nitrogen and oxygen atoms in total. The molecule has 0 fully saturated rings. The first-order valence-corrected chi connectivity index (χ1v) is 14.4. The summed E-state index contributed by atoms with van der Waals surface area (Å²) in [5.41, 5.74) is 6.17. The van der Waals surface area contributed by atoms with E-state index >= 15 is 0 Å². The highest BCUT2D eigenvalue weighted by Crippen LogP contribution is 2.45. The fraction of sp³-hybridized carbons (Fsp3) is 0.226. The fourth-order valence-corrected chi connectivity index (χ4v) is 6.97. The zero-order valence-electron chi connectivity index (χ0n) is 21.9. The van der Waals surface area contributed by atoms with Crippen LogP contribution in [-0.4, -0.2) is 25.4 Å². The molecule has 1 aliphatic heterocycles. The SMILES string of the molecule is CCOc1ccc(C=c2sc3n(c2=O)C(c2cccc(OC)c2OC)C2=C(N=3)c3ccccc3CC2)cc1Br. The largest absolute Gasteiger partial charge is 0.493 e. The van der Waals surface area contributed by atoms with Crippen LogP contribution in [0.2, 0.25) is 0 Å². The summed E-state index contributed by atoms with van der Waals surface area (Å²) >= 11 is 4.99. The van der Waals surface area contributed by atoms with Gasteiger partial charge in [0.1, 0.15) is 5.75 Å². The first-order valence-electron chi connectivity index (χ1n) is 12.8. The predicted molar refractivity (Wildman–Crippen MR) is 158 cm³/mol. The zero-order chi connectivity index (χ0) is 27.1. The Morgan fingerprint density at radius 1 is 1.05 bits per heavy atom. The van der Waals surface area contributed by atoms with E-state index in [1.54, 1.807) is 14.2 Å². The molecular weight excluding hydrogens is 576 g/mol. The minimum Gasteiger partial charge on any atom is -0.493 e. The van der Waals surface area contributed by atoms with Crippen molar-refractivity contribution in [3.05, 3.63) is 113 Å². The van der Waals surface area contributed by atoms with Gasteiger partial charge < -0.3 is 14.2 Å². The summed E-state index contributed by atoms with van der Waals surface area (Å²) < 4.78 is 20.4. The maximum absolute atomic E-state index is 14.1. The standard InChI is InChI=1S/C31H27BrN2O4S/c1-4-38-24-15-12-18(16-23(24)32)17-26-30(35)34-28(22-10-7-11-25(36-2)29(22)37-3)21-14-13-19-8-5-6-9-20(19)27(21)33-31(34)39-26/h5-12,15-17,28H,4,13-14H2,1-3H3. The Morgan fingerprint density at radius 2 is 1.90 bits per heavy atom. The summed E-state index contributed by atoms with van der Waals surface area (Å²) in [5.74, 6) is 2.03. The van der Waals surface area contributed by atoms with E-state index in [9.17, 15) is 4.79 Å². The van der Waals surface area contributed by atoms with Gasteiger partial charge in [-0.15, -0.1) is 0 Å². The zero-order valence-corrected chi connectivity index (χ0v) is 24.3. The average molecular weight is 604 g/mol. The van der Waals surface area contributed by atoms with Crippen molar-refractivity contribution in [3.8, 4) is 17.2 Å². The number of halogens is 1. The van der Waals surface area contributed by atoms with Crippen LogP contribution in [0.25, 0.3) is 11.8 Å². The first kappa shape index (κ1) is 25.6. The third kappa shape index (κ3) is 4.41. The molecule has 0 amide bonds. The number of thiazole rings is 1. The molecule has 1 atom stereocenters. The van der Waals surface area contributed by atoms with Gasteiger partial charge in [-0.25, -0.2) is 4.99 Å². The van der Waals surface area contributed by atoms with Gasteiger partial charge in [0, 0.05) is 11.1 Å². The van der Waals surface area contributed by atoms with Crippen molar-refractivity contribution in [2.45, 2.75) is 25.8 Å². The van der Waals surface area contributed by atoms with Crippen molar-refractivity contribution < 1.29 is 14.2 Å². The molecule has 3 aromatic carbocycles. The molecule has 6 rings (SSSR count). The van der Waals surface area contributed by atoms with Gasteiger partial charge >= 0.3 is 0 Å². The molecule has 4 aromatic rings. The molecule has 2 aliphatic rings. The van der Waals surface area contributed by atoms with Gasteiger partial charge in [-0.3, -0.25) is 9.36 Å². The first-order chi connectivity index (χ1) is 19.0. The summed E-state index contributed by atoms with van der Waals surface area (Å²) in [5, 5.41) is 0. The molecule has 1 aromatic heterocycles. The average Bonchev–Trinajstić information content (AvgIpc) is 3.27. The summed E-state index contributed by atoms with van der Waals surface area (Å²) in [6, 6.07) is 19.7. The monoisotopic (exact) mass is 602 g/mol. The van der Waals surface area contributed by atoms with E-state index in [0.717, 1.165) is 51.0 Å². The minimum atomic E-state index is -0.358. The number of ether oxygens (including phenoxy) is 3. The predicted octanol–water partition coefficient (Wildman–Crippen LogP) is 5.50. The minimum absolute atomic E-state index is 0.0796. The summed E-state index contributed by atoms with van der Waals surface area (Å²) in [6.45, 7) is 2.53. The van der Waals surface area contributed by atoms with E-state index in [4.69, 9.17) is 19.2 Å². The van der Waals surface area contributed by atoms with Crippen molar-refractivity contribution in [2.24, 2.45) is 4.99 Å². The molecule has 198 valence electrons. The molecule has 8 heteroatoms. The lowest BCUT2D eigenvalue weighted by Crippen LogP contribution is -2.39. The second-order valence-corrected chi connectivity index (χ2v) is 11.2. The van der Waals surface area contributed by atoms with Crippen LogP contribution in [0.15, 0.2) is 80.5 Å². The molecule has 1 unspecified atom stereocenters. The molecule has 1 aliphatic carbocycles. The maximum atomic E-state index is 14.1. The fourth-order valence-electron chi connectivity index (χ4n) is 5.46. The number of allylic oxidation sites excluding steroid dienone is 1. The Kier molecular flexibility index (Phi) is 6.91. The van der Waals surface area contributed by atoms with Crippen molar-refractivity contribution in [3.63, 3.8) is 0 Å². The summed E-state index contributed by atoms with van der Waals surface area (Å²) in [6.07, 6.45) is 3.61. The second-order valence-electron chi connectivity index (χ2n) is 9.32. The number of methoxy groups -OCH3 is 2. The Bertz CT molecular complexity index is 1800. The van der Waals surface area contributed by atoms with Gasteiger partial charge in [0.2, 0.25) is 0 Å². The molecule has 0 saturated carbocycles. The lowest BCUT2D eigenvalue weighted by molar-refractivity contribution is 0.338. The number of nitrogens with zero attached hydrogens (tertiary/aromatic N) is 2. The normalized spacial score (nSPS) is 16.2. The second kappa shape index (κ2) is 10.5. The highest BCUT2D eigenvalue weighted by atomic mass is 79.9. The van der Waals surface area contributed by atoms with Crippen molar-refractivity contribution in [1.29, 1.82) is 0 Å². The quantitative estimate of drug-likeness (QED) is 0.292. The van der Waals surface area contributed by atoms with Crippen molar-refractivity contribution in [1.82, 2.24) is 4.57 Å². The smallest absolute Gasteiger partial charge is 0.271 e. The molecule has 0 saturated heterocycles. The van der Waals surface area contributed by atoms with E-state index in [2.05, 4.69) is 34.1 Å². The topological polar surface area (TPSA) is 62.0 Å². The Balaban J connectivity index is 1.60. The van der Waals surface area contributed by atoms with Gasteiger partial charge in [-0.1, -0.05) is 53.8 Å². The van der Waals surface area contributed by atoms with Gasteiger partial charge in [0.25, 0.3) is 5.56 Å². The Morgan fingerprint density at radius 3 is 2.67 bits per heavy atom. The molecule has 0 bridgehead atoms. The molecule has 0 spiro atoms. The van der Waals surface area contributed by atoms with Crippen LogP contribution in [-0.2, 0) is 6.42 Å². The van der Waals surface area contributed by atoms with Gasteiger partial charge in [-0.2, -0.15) is 0 Å². The lowest BCUT2D eigenvalue weighted by atomic mass is 9.83. The summed E-state index contributed by atoms with van der Waals surface area (Å²) in [7, 11) is 3.27. The van der Waals surface area contributed by atoms with Gasteiger partial charge in [0.05, 0.1) is 41.6 Å². The molecule has 0 N–H and O–H groups in total. The number of fused-ring (bicyclic) bond motifs is 3. The molecule has 0 radical (unpaired) electrons. The Hall–Kier alpha value is -3.62. The molecular formula is C31H27BrN2O4S. The number of rotatable bonds is 6. The van der Waals surface area contributed by atoms with Crippen LogP contribution < -0.4 is 29.1 Å². The van der Waals surface area contributed by atoms with Crippen LogP contribution in [0.1, 0.15) is 41.6 Å². The van der Waals surface area contributed by atoms with Crippen molar-refractivity contribution in [2.75, 3.05) is 20.8 Å². The third-order valence-corrected chi connectivity index (χ3v) is 8.76. The lowest BCUT2D eigenvalue weighted by Gasteiger charge is -2.31. The van der Waals surface area contributed by atoms with Gasteiger partial charge in [0.15, 0.2) is 16.3 Å². The van der Waals surface area contributed by atoms with Crippen LogP contribution in [0.5, 0.6) is 17.2 Å². The van der Waals surface area contributed by atoms with E-state index in [-0.39, 0.29) is 11.6 Å². The van der Waals surface area contributed by atoms with E-state index < -0.39 is 0 Å². The highest BCUT2D eigenvalue weighted by Gasteiger charge is 2.34. The van der Waals surface area contributed by atoms with Crippen LogP contribution >= 0.6 is 27.3 Å². The number of para-hydroxylation sites is 1. The number of aromatic nitrogens is 1. The summed E-state index contributed by atoms with van der Waals surface area (Å²) in [4.78, 5) is 19.9. The van der Waals surface area contributed by atoms with E-state index in [1.165, 1.54) is 16.9 Å². The number of benzene rings is 3. The highest BCUT2D eigenvalue weighted by molar-refractivity contribution is 9.10. The maximum Gasteiger partial charge on any atom is 0.271 e. The third-order valence-electron chi connectivity index (χ3n) is 7.15. The van der Waals surface area contributed by atoms with Crippen LogP contribution in [0.3, 0.4) is 0 Å². The van der Waals surface area contributed by atoms with Crippen LogP contribution in [0, 0.1) is 0 Å². The van der Waals surface area contributed by atoms with E-state index in [0.29, 0.717) is 27.4 Å².